The number of nitrogens with two attached hydrogens (primary N) is 1. The summed E-state index contributed by atoms with van der Waals surface area (Å²) in [5.74, 6) is 1.47. The molecule has 20 heavy (non-hydrogen) atoms. The van der Waals surface area contributed by atoms with E-state index < -0.39 is 11.6 Å². The van der Waals surface area contributed by atoms with Crippen molar-refractivity contribution in [2.45, 2.75) is 50.7 Å². The average molecular weight is 304 g/mol. The summed E-state index contributed by atoms with van der Waals surface area (Å²) in [5, 5.41) is 21.4. The fourth-order valence-corrected chi connectivity index (χ4v) is 3.95. The molecule has 0 radical (unpaired) electrons. The second-order valence-corrected chi connectivity index (χ2v) is 6.70. The Morgan fingerprint density at radius 3 is 2.95 bits per heavy atom. The summed E-state index contributed by atoms with van der Waals surface area (Å²) >= 11 is 1.62. The monoisotopic (exact) mass is 304 g/mol. The van der Waals surface area contributed by atoms with Gasteiger partial charge in [-0.1, -0.05) is 13.3 Å². The molecule has 1 fully saturated rings. The maximum absolute atomic E-state index is 11.9. The zero-order chi connectivity index (χ0) is 15.0. The molecule has 5 nitrogen and oxygen atoms in total. The van der Waals surface area contributed by atoms with Crippen LogP contribution in [0.1, 0.15) is 39.0 Å². The lowest BCUT2D eigenvalue weighted by atomic mass is 9.84. The van der Waals surface area contributed by atoms with Crippen LogP contribution in [0.5, 0.6) is 0 Å². The SMILES string of the molecule is CCCNC1(C(N)=O)CCCC1CCSCC(O)CO. The lowest BCUT2D eigenvalue weighted by Gasteiger charge is -2.33. The number of aliphatic hydroxyl groups is 2. The molecule has 1 aliphatic rings. The van der Waals surface area contributed by atoms with Gasteiger partial charge in [0.1, 0.15) is 5.54 Å². The zero-order valence-electron chi connectivity index (χ0n) is 12.3. The molecule has 0 aromatic heterocycles. The van der Waals surface area contributed by atoms with Crippen LogP contribution in [0.3, 0.4) is 0 Å². The van der Waals surface area contributed by atoms with Crippen molar-refractivity contribution in [1.82, 2.24) is 5.32 Å². The summed E-state index contributed by atoms with van der Waals surface area (Å²) in [7, 11) is 0. The number of rotatable bonds is 10. The Balaban J connectivity index is 2.47. The smallest absolute Gasteiger partial charge is 0.238 e. The van der Waals surface area contributed by atoms with Gasteiger partial charge in [-0.3, -0.25) is 4.79 Å². The van der Waals surface area contributed by atoms with E-state index in [0.717, 1.165) is 44.4 Å². The molecule has 6 heteroatoms. The van der Waals surface area contributed by atoms with Gasteiger partial charge in [0.25, 0.3) is 0 Å². The molecule has 0 aliphatic heterocycles. The van der Waals surface area contributed by atoms with E-state index in [0.29, 0.717) is 5.75 Å². The van der Waals surface area contributed by atoms with Gasteiger partial charge in [-0.2, -0.15) is 11.8 Å². The lowest BCUT2D eigenvalue weighted by Crippen LogP contribution is -2.58. The molecule has 0 heterocycles. The summed E-state index contributed by atoms with van der Waals surface area (Å²) in [6.07, 6.45) is 4.15. The zero-order valence-corrected chi connectivity index (χ0v) is 13.1. The van der Waals surface area contributed by atoms with Gasteiger partial charge in [0.05, 0.1) is 12.7 Å². The van der Waals surface area contributed by atoms with E-state index in [1.165, 1.54) is 0 Å². The molecule has 0 saturated heterocycles. The normalized spacial score (nSPS) is 27.6. The highest BCUT2D eigenvalue weighted by molar-refractivity contribution is 7.99. The van der Waals surface area contributed by atoms with Gasteiger partial charge in [-0.05, 0) is 43.9 Å². The van der Waals surface area contributed by atoms with Crippen molar-refractivity contribution in [1.29, 1.82) is 0 Å². The van der Waals surface area contributed by atoms with Crippen LogP contribution in [0.4, 0.5) is 0 Å². The van der Waals surface area contributed by atoms with Crippen LogP contribution in [0, 0.1) is 5.92 Å². The second-order valence-electron chi connectivity index (χ2n) is 5.55. The summed E-state index contributed by atoms with van der Waals surface area (Å²) in [6.45, 7) is 2.70. The van der Waals surface area contributed by atoms with Crippen LogP contribution in [-0.4, -0.2) is 52.4 Å². The Bertz CT molecular complexity index is 304. The maximum Gasteiger partial charge on any atom is 0.238 e. The predicted molar refractivity (Wildman–Crippen MR) is 82.6 cm³/mol. The first-order valence-corrected chi connectivity index (χ1v) is 8.64. The van der Waals surface area contributed by atoms with Crippen molar-refractivity contribution >= 4 is 17.7 Å². The molecule has 1 aliphatic carbocycles. The molecule has 0 aromatic rings. The molecule has 3 atom stereocenters. The van der Waals surface area contributed by atoms with E-state index in [2.05, 4.69) is 12.2 Å². The highest BCUT2D eigenvalue weighted by Gasteiger charge is 2.46. The number of thioether (sulfide) groups is 1. The third kappa shape index (κ3) is 4.62. The van der Waals surface area contributed by atoms with Crippen LogP contribution in [0.25, 0.3) is 0 Å². The minimum absolute atomic E-state index is 0.195. The van der Waals surface area contributed by atoms with E-state index in [4.69, 9.17) is 10.8 Å². The first-order chi connectivity index (χ1) is 9.56. The quantitative estimate of drug-likeness (QED) is 0.441. The van der Waals surface area contributed by atoms with E-state index in [1.807, 2.05) is 0 Å². The number of carbonyl (C=O) groups is 1. The van der Waals surface area contributed by atoms with Crippen molar-refractivity contribution in [3.05, 3.63) is 0 Å². The van der Waals surface area contributed by atoms with Gasteiger partial charge < -0.3 is 21.3 Å². The van der Waals surface area contributed by atoms with Crippen molar-refractivity contribution < 1.29 is 15.0 Å². The number of hydrogen-bond acceptors (Lipinski definition) is 5. The minimum atomic E-state index is -0.650. The third-order valence-electron chi connectivity index (χ3n) is 4.08. The lowest BCUT2D eigenvalue weighted by molar-refractivity contribution is -0.126. The van der Waals surface area contributed by atoms with E-state index >= 15 is 0 Å². The Kier molecular flexibility index (Phi) is 7.87. The molecule has 0 bridgehead atoms. The molecular formula is C14H28N2O3S. The first-order valence-electron chi connectivity index (χ1n) is 7.48. The Hall–Kier alpha value is -0.300. The van der Waals surface area contributed by atoms with Crippen LogP contribution in [0.2, 0.25) is 0 Å². The van der Waals surface area contributed by atoms with Crippen molar-refractivity contribution in [2.75, 3.05) is 24.7 Å². The molecule has 0 spiro atoms. The Morgan fingerprint density at radius 2 is 2.35 bits per heavy atom. The topological polar surface area (TPSA) is 95.6 Å². The second kappa shape index (κ2) is 8.87. The number of amides is 1. The molecule has 1 saturated carbocycles. The number of nitrogens with one attached hydrogen (secondary N) is 1. The number of primary amides is 1. The van der Waals surface area contributed by atoms with Gasteiger partial charge in [0, 0.05) is 5.75 Å². The molecular weight excluding hydrogens is 276 g/mol. The molecule has 0 aromatic carbocycles. The average Bonchev–Trinajstić information content (AvgIpc) is 2.85. The predicted octanol–water partition coefficient (Wildman–Crippen LogP) is 0.487. The van der Waals surface area contributed by atoms with E-state index in [-0.39, 0.29) is 18.4 Å². The number of hydrogen-bond donors (Lipinski definition) is 4. The van der Waals surface area contributed by atoms with Crippen molar-refractivity contribution in [3.63, 3.8) is 0 Å². The molecule has 1 rings (SSSR count). The summed E-state index contributed by atoms with van der Waals surface area (Å²) in [4.78, 5) is 11.9. The minimum Gasteiger partial charge on any atom is -0.394 e. The van der Waals surface area contributed by atoms with Crippen LogP contribution in [0.15, 0.2) is 0 Å². The number of carbonyl (C=O) groups excluding carboxylic acids is 1. The Morgan fingerprint density at radius 1 is 1.60 bits per heavy atom. The molecule has 5 N–H and O–H groups in total. The highest BCUT2D eigenvalue weighted by atomic mass is 32.2. The van der Waals surface area contributed by atoms with Gasteiger partial charge in [-0.25, -0.2) is 0 Å². The van der Waals surface area contributed by atoms with Gasteiger partial charge in [0.15, 0.2) is 0 Å². The fraction of sp³-hybridized carbons (Fsp3) is 0.929. The highest BCUT2D eigenvalue weighted by Crippen LogP contribution is 2.38. The van der Waals surface area contributed by atoms with E-state index in [1.54, 1.807) is 11.8 Å². The maximum atomic E-state index is 11.9. The fourth-order valence-electron chi connectivity index (χ4n) is 2.96. The van der Waals surface area contributed by atoms with Gasteiger partial charge >= 0.3 is 0 Å². The Labute approximate surface area is 125 Å². The molecule has 118 valence electrons. The standard InChI is InChI=1S/C14H28N2O3S/c1-2-7-16-14(13(15)19)6-3-4-11(14)5-8-20-10-12(18)9-17/h11-12,16-18H,2-10H2,1H3,(H2,15,19). The van der Waals surface area contributed by atoms with Crippen LogP contribution in [-0.2, 0) is 4.79 Å². The summed E-state index contributed by atoms with van der Waals surface area (Å²) in [5.41, 5.74) is 5.12. The van der Waals surface area contributed by atoms with Crippen LogP contribution < -0.4 is 11.1 Å². The third-order valence-corrected chi connectivity index (χ3v) is 5.23. The summed E-state index contributed by atoms with van der Waals surface area (Å²) in [6, 6.07) is 0. The number of aliphatic hydroxyl groups excluding tert-OH is 2. The van der Waals surface area contributed by atoms with E-state index in [9.17, 15) is 9.90 Å². The summed E-state index contributed by atoms with van der Waals surface area (Å²) < 4.78 is 0. The van der Waals surface area contributed by atoms with Crippen molar-refractivity contribution in [3.8, 4) is 0 Å². The molecule has 3 unspecified atom stereocenters. The van der Waals surface area contributed by atoms with Crippen molar-refractivity contribution in [2.24, 2.45) is 11.7 Å². The van der Waals surface area contributed by atoms with Gasteiger partial charge in [0.2, 0.25) is 5.91 Å². The largest absolute Gasteiger partial charge is 0.394 e. The van der Waals surface area contributed by atoms with Crippen LogP contribution >= 0.6 is 11.8 Å². The molecule has 1 amide bonds. The first kappa shape index (κ1) is 17.8. The van der Waals surface area contributed by atoms with Gasteiger partial charge in [-0.15, -0.1) is 0 Å².